The van der Waals surface area contributed by atoms with Crippen LogP contribution in [0, 0.1) is 13.8 Å². The molecular weight excluding hydrogens is 396 g/mol. The molecule has 2 aromatic rings. The molecule has 3 unspecified atom stereocenters. The van der Waals surface area contributed by atoms with E-state index in [0.29, 0.717) is 17.7 Å². The third-order valence-corrected chi connectivity index (χ3v) is 4.72. The molecule has 0 heterocycles. The molecule has 168 valence electrons. The molecule has 6 nitrogen and oxygen atoms in total. The van der Waals surface area contributed by atoms with Crippen molar-refractivity contribution in [3.8, 4) is 0 Å². The van der Waals surface area contributed by atoms with E-state index in [1.54, 1.807) is 19.1 Å². The molecule has 3 atom stereocenters. The largest absolute Gasteiger partial charge is 0.459 e. The summed E-state index contributed by atoms with van der Waals surface area (Å²) in [6.45, 7) is 10.00. The van der Waals surface area contributed by atoms with Gasteiger partial charge in [0.05, 0.1) is 36.5 Å². The molecule has 0 saturated heterocycles. The van der Waals surface area contributed by atoms with Crippen molar-refractivity contribution in [2.45, 2.75) is 52.9 Å². The number of carbonyl (C=O) groups is 2. The summed E-state index contributed by atoms with van der Waals surface area (Å²) >= 11 is 0. The van der Waals surface area contributed by atoms with Crippen LogP contribution >= 0.6 is 0 Å². The first kappa shape index (κ1) is 24.6. The summed E-state index contributed by atoms with van der Waals surface area (Å²) in [5.74, 6) is -0.718. The third-order valence-electron chi connectivity index (χ3n) is 4.72. The number of rotatable bonds is 11. The lowest BCUT2D eigenvalue weighted by Crippen LogP contribution is -2.28. The highest BCUT2D eigenvalue weighted by molar-refractivity contribution is 5.91. The Labute approximate surface area is 184 Å². The van der Waals surface area contributed by atoms with E-state index in [1.807, 2.05) is 64.1 Å². The van der Waals surface area contributed by atoms with E-state index in [-0.39, 0.29) is 43.5 Å². The topological polar surface area (TPSA) is 71.1 Å². The number of esters is 2. The number of carbonyl (C=O) groups excluding carboxylic acids is 2. The number of aryl methyl sites for hydroxylation is 2. The van der Waals surface area contributed by atoms with Gasteiger partial charge < -0.3 is 18.9 Å². The zero-order valence-corrected chi connectivity index (χ0v) is 18.9. The summed E-state index contributed by atoms with van der Waals surface area (Å²) < 4.78 is 22.2. The van der Waals surface area contributed by atoms with Crippen LogP contribution in [0.1, 0.15) is 52.6 Å². The summed E-state index contributed by atoms with van der Waals surface area (Å²) in [6, 6.07) is 14.6. The predicted octanol–water partition coefficient (Wildman–Crippen LogP) is 4.52. The average Bonchev–Trinajstić information content (AvgIpc) is 2.75. The first-order valence-electron chi connectivity index (χ1n) is 10.5. The molecule has 6 heteroatoms. The zero-order valence-electron chi connectivity index (χ0n) is 18.9. The molecule has 0 bridgehead atoms. The Hall–Kier alpha value is -2.70. The molecule has 2 rings (SSSR count). The van der Waals surface area contributed by atoms with E-state index >= 15 is 0 Å². The van der Waals surface area contributed by atoms with Crippen LogP contribution in [0.5, 0.6) is 0 Å². The van der Waals surface area contributed by atoms with Crippen molar-refractivity contribution in [2.24, 2.45) is 0 Å². The molecule has 0 radical (unpaired) electrons. The number of hydrogen-bond donors (Lipinski definition) is 0. The SMILES string of the molecule is Cc1ccccc1C(=O)OCC(C)OCC(C)OCC(C)OC(=O)c1ccccc1C. The second kappa shape index (κ2) is 12.2. The fourth-order valence-electron chi connectivity index (χ4n) is 2.85. The fraction of sp³-hybridized carbons (Fsp3) is 0.440. The normalized spacial score (nSPS) is 13.8. The van der Waals surface area contributed by atoms with E-state index in [2.05, 4.69) is 0 Å². The van der Waals surface area contributed by atoms with Gasteiger partial charge >= 0.3 is 11.9 Å². The van der Waals surface area contributed by atoms with E-state index in [0.717, 1.165) is 11.1 Å². The second-order valence-corrected chi connectivity index (χ2v) is 7.73. The highest BCUT2D eigenvalue weighted by Gasteiger charge is 2.16. The maximum absolute atomic E-state index is 12.2. The molecule has 2 aromatic carbocycles. The van der Waals surface area contributed by atoms with Gasteiger partial charge in [-0.05, 0) is 57.9 Å². The Morgan fingerprint density at radius 1 is 0.677 bits per heavy atom. The van der Waals surface area contributed by atoms with Crippen LogP contribution in [0.25, 0.3) is 0 Å². The summed E-state index contributed by atoms with van der Waals surface area (Å²) in [5, 5.41) is 0. The molecule has 0 N–H and O–H groups in total. The van der Waals surface area contributed by atoms with Gasteiger partial charge in [0.15, 0.2) is 0 Å². The summed E-state index contributed by atoms with van der Waals surface area (Å²) in [7, 11) is 0. The first-order chi connectivity index (χ1) is 14.8. The minimum Gasteiger partial charge on any atom is -0.459 e. The van der Waals surface area contributed by atoms with E-state index in [4.69, 9.17) is 18.9 Å². The standard InChI is InChI=1S/C25H32O6/c1-17-10-6-8-12-22(17)24(26)30-15-20(4)28-14-19(3)29-16-21(5)31-25(27)23-13-9-7-11-18(23)2/h6-13,19-21H,14-16H2,1-5H3. The van der Waals surface area contributed by atoms with Gasteiger partial charge in [-0.15, -0.1) is 0 Å². The van der Waals surface area contributed by atoms with E-state index < -0.39 is 0 Å². The predicted molar refractivity (Wildman–Crippen MR) is 118 cm³/mol. The smallest absolute Gasteiger partial charge is 0.338 e. The molecule has 0 spiro atoms. The minimum absolute atomic E-state index is 0.157. The Morgan fingerprint density at radius 3 is 1.68 bits per heavy atom. The Bertz CT molecular complexity index is 863. The van der Waals surface area contributed by atoms with Gasteiger partial charge in [0, 0.05) is 0 Å². The van der Waals surface area contributed by atoms with Crippen molar-refractivity contribution < 1.29 is 28.5 Å². The van der Waals surface area contributed by atoms with Crippen LogP contribution in [0.3, 0.4) is 0 Å². The van der Waals surface area contributed by atoms with Crippen LogP contribution in [-0.2, 0) is 18.9 Å². The van der Waals surface area contributed by atoms with Gasteiger partial charge in [0.2, 0.25) is 0 Å². The summed E-state index contributed by atoms with van der Waals surface area (Å²) in [4.78, 5) is 24.4. The summed E-state index contributed by atoms with van der Waals surface area (Å²) in [6.07, 6.45) is -0.855. The third kappa shape index (κ3) is 8.15. The molecule has 0 aliphatic heterocycles. The molecule has 0 aliphatic rings. The van der Waals surface area contributed by atoms with Crippen LogP contribution in [0.15, 0.2) is 48.5 Å². The molecule has 0 aromatic heterocycles. The van der Waals surface area contributed by atoms with Crippen molar-refractivity contribution in [2.75, 3.05) is 19.8 Å². The van der Waals surface area contributed by atoms with Crippen molar-refractivity contribution >= 4 is 11.9 Å². The maximum Gasteiger partial charge on any atom is 0.338 e. The summed E-state index contributed by atoms with van der Waals surface area (Å²) in [5.41, 5.74) is 2.86. The lowest BCUT2D eigenvalue weighted by molar-refractivity contribution is -0.0683. The van der Waals surface area contributed by atoms with Gasteiger partial charge in [0.1, 0.15) is 12.7 Å². The lowest BCUT2D eigenvalue weighted by atomic mass is 10.1. The van der Waals surface area contributed by atoms with Gasteiger partial charge in [0.25, 0.3) is 0 Å². The van der Waals surface area contributed by atoms with Crippen molar-refractivity contribution in [1.29, 1.82) is 0 Å². The molecule has 0 aliphatic carbocycles. The highest BCUT2D eigenvalue weighted by Crippen LogP contribution is 2.11. The Morgan fingerprint density at radius 2 is 1.13 bits per heavy atom. The minimum atomic E-state index is -0.387. The molecule has 31 heavy (non-hydrogen) atoms. The molecular formula is C25H32O6. The Balaban J connectivity index is 1.65. The number of ether oxygens (including phenoxy) is 4. The van der Waals surface area contributed by atoms with Crippen LogP contribution in [0.4, 0.5) is 0 Å². The quantitative estimate of drug-likeness (QED) is 0.490. The second-order valence-electron chi connectivity index (χ2n) is 7.73. The van der Waals surface area contributed by atoms with E-state index in [9.17, 15) is 9.59 Å². The van der Waals surface area contributed by atoms with Gasteiger partial charge in [-0.25, -0.2) is 9.59 Å². The molecule has 0 fully saturated rings. The van der Waals surface area contributed by atoms with Gasteiger partial charge in [-0.1, -0.05) is 36.4 Å². The van der Waals surface area contributed by atoms with Gasteiger partial charge in [-0.3, -0.25) is 0 Å². The molecule has 0 amide bonds. The van der Waals surface area contributed by atoms with Crippen molar-refractivity contribution in [1.82, 2.24) is 0 Å². The van der Waals surface area contributed by atoms with E-state index in [1.165, 1.54) is 0 Å². The highest BCUT2D eigenvalue weighted by atomic mass is 16.6. The lowest BCUT2D eigenvalue weighted by Gasteiger charge is -2.20. The monoisotopic (exact) mass is 428 g/mol. The first-order valence-corrected chi connectivity index (χ1v) is 10.5. The Kier molecular flexibility index (Phi) is 9.69. The number of hydrogen-bond acceptors (Lipinski definition) is 6. The molecule has 0 saturated carbocycles. The van der Waals surface area contributed by atoms with Gasteiger partial charge in [-0.2, -0.15) is 0 Å². The maximum atomic E-state index is 12.2. The average molecular weight is 429 g/mol. The van der Waals surface area contributed by atoms with Crippen LogP contribution in [-0.4, -0.2) is 50.1 Å². The van der Waals surface area contributed by atoms with Crippen LogP contribution in [0.2, 0.25) is 0 Å². The van der Waals surface area contributed by atoms with Crippen LogP contribution < -0.4 is 0 Å². The number of benzene rings is 2. The zero-order chi connectivity index (χ0) is 22.8. The van der Waals surface area contributed by atoms with Crippen molar-refractivity contribution in [3.05, 3.63) is 70.8 Å². The van der Waals surface area contributed by atoms with Crippen molar-refractivity contribution in [3.63, 3.8) is 0 Å². The fourth-order valence-corrected chi connectivity index (χ4v) is 2.85.